The Morgan fingerprint density at radius 2 is 1.91 bits per heavy atom. The fraction of sp³-hybridized carbons (Fsp3) is 0.438. The second-order valence-electron chi connectivity index (χ2n) is 5.54. The van der Waals surface area contributed by atoms with Crippen molar-refractivity contribution in [2.75, 3.05) is 5.32 Å². The quantitative estimate of drug-likeness (QED) is 0.717. The third kappa shape index (κ3) is 3.44. The van der Waals surface area contributed by atoms with E-state index in [1.807, 2.05) is 19.9 Å². The van der Waals surface area contributed by atoms with Gasteiger partial charge in [0.25, 0.3) is 5.91 Å². The van der Waals surface area contributed by atoms with Crippen molar-refractivity contribution >= 4 is 34.1 Å². The lowest BCUT2D eigenvalue weighted by atomic mass is 9.82. The number of carboxylic acid groups (broad SMARTS) is 1. The molecule has 4 N–H and O–H groups in total. The number of nitrogens with one attached hydrogen (secondary N) is 1. The third-order valence-electron chi connectivity index (χ3n) is 4.13. The van der Waals surface area contributed by atoms with Gasteiger partial charge in [-0.1, -0.05) is 19.1 Å². The van der Waals surface area contributed by atoms with Gasteiger partial charge in [0.1, 0.15) is 5.00 Å². The van der Waals surface area contributed by atoms with Crippen LogP contribution in [-0.2, 0) is 16.0 Å². The second kappa shape index (κ2) is 6.95. The zero-order valence-electron chi connectivity index (χ0n) is 13.1. The van der Waals surface area contributed by atoms with Crippen molar-refractivity contribution in [3.8, 4) is 0 Å². The van der Waals surface area contributed by atoms with Crippen LogP contribution in [0.1, 0.15) is 40.6 Å². The molecule has 124 valence electrons. The number of thiophene rings is 1. The molecule has 0 aromatic carbocycles. The smallest absolute Gasteiger partial charge is 0.307 e. The summed E-state index contributed by atoms with van der Waals surface area (Å²) in [6.45, 7) is 3.79. The minimum atomic E-state index is -0.985. The van der Waals surface area contributed by atoms with E-state index in [-0.39, 0.29) is 5.91 Å². The van der Waals surface area contributed by atoms with E-state index in [4.69, 9.17) is 5.73 Å². The first-order chi connectivity index (χ1) is 10.9. The number of hydrogen-bond acceptors (Lipinski definition) is 4. The number of amides is 2. The summed E-state index contributed by atoms with van der Waals surface area (Å²) in [5, 5.41) is 12.4. The molecule has 6 nitrogen and oxygen atoms in total. The van der Waals surface area contributed by atoms with E-state index in [0.29, 0.717) is 29.8 Å². The molecule has 1 aromatic heterocycles. The first kappa shape index (κ1) is 17.2. The summed E-state index contributed by atoms with van der Waals surface area (Å²) >= 11 is 1.30. The molecular weight excluding hydrogens is 316 g/mol. The van der Waals surface area contributed by atoms with Crippen molar-refractivity contribution in [3.63, 3.8) is 0 Å². The van der Waals surface area contributed by atoms with Crippen LogP contribution >= 0.6 is 11.3 Å². The fourth-order valence-corrected chi connectivity index (χ4v) is 4.09. The van der Waals surface area contributed by atoms with Gasteiger partial charge in [-0.15, -0.1) is 11.3 Å². The Morgan fingerprint density at radius 1 is 1.30 bits per heavy atom. The van der Waals surface area contributed by atoms with Gasteiger partial charge in [-0.25, -0.2) is 0 Å². The van der Waals surface area contributed by atoms with E-state index in [9.17, 15) is 19.5 Å². The molecule has 2 rings (SSSR count). The van der Waals surface area contributed by atoms with Gasteiger partial charge in [0, 0.05) is 4.88 Å². The zero-order valence-corrected chi connectivity index (χ0v) is 13.9. The van der Waals surface area contributed by atoms with Crippen LogP contribution in [0, 0.1) is 18.8 Å². The van der Waals surface area contributed by atoms with Crippen molar-refractivity contribution in [2.24, 2.45) is 17.6 Å². The minimum Gasteiger partial charge on any atom is -0.481 e. The average molecular weight is 336 g/mol. The number of carboxylic acids is 1. The molecule has 0 fully saturated rings. The van der Waals surface area contributed by atoms with Crippen LogP contribution in [-0.4, -0.2) is 22.9 Å². The van der Waals surface area contributed by atoms with E-state index in [1.54, 1.807) is 6.08 Å². The van der Waals surface area contributed by atoms with E-state index >= 15 is 0 Å². The first-order valence-corrected chi connectivity index (χ1v) is 8.29. The number of rotatable bonds is 5. The summed E-state index contributed by atoms with van der Waals surface area (Å²) < 4.78 is 0. The summed E-state index contributed by atoms with van der Waals surface area (Å²) in [4.78, 5) is 36.5. The van der Waals surface area contributed by atoms with Crippen LogP contribution in [0.5, 0.6) is 0 Å². The van der Waals surface area contributed by atoms with Crippen molar-refractivity contribution < 1.29 is 19.5 Å². The Balaban J connectivity index is 2.28. The lowest BCUT2D eigenvalue weighted by molar-refractivity contribution is -0.146. The van der Waals surface area contributed by atoms with Crippen LogP contribution < -0.4 is 11.1 Å². The van der Waals surface area contributed by atoms with Gasteiger partial charge in [-0.2, -0.15) is 0 Å². The van der Waals surface area contributed by atoms with Crippen LogP contribution in [0.4, 0.5) is 5.00 Å². The Bertz CT molecular complexity index is 678. The molecule has 0 radical (unpaired) electrons. The molecule has 0 unspecified atom stereocenters. The molecular formula is C16H20N2O4S. The van der Waals surface area contributed by atoms with E-state index in [1.165, 1.54) is 11.3 Å². The molecule has 7 heteroatoms. The zero-order chi connectivity index (χ0) is 17.1. The fourth-order valence-electron chi connectivity index (χ4n) is 2.93. The highest BCUT2D eigenvalue weighted by Gasteiger charge is 2.34. The largest absolute Gasteiger partial charge is 0.481 e. The molecule has 1 aromatic rings. The van der Waals surface area contributed by atoms with Gasteiger partial charge >= 0.3 is 5.97 Å². The Hall–Kier alpha value is -2.15. The number of carbonyl (C=O) groups is 3. The molecule has 0 saturated carbocycles. The van der Waals surface area contributed by atoms with Crippen molar-refractivity contribution in [1.29, 1.82) is 0 Å². The van der Waals surface area contributed by atoms with Crippen molar-refractivity contribution in [3.05, 3.63) is 28.2 Å². The predicted molar refractivity (Wildman–Crippen MR) is 88.6 cm³/mol. The van der Waals surface area contributed by atoms with Crippen LogP contribution in [0.3, 0.4) is 0 Å². The second-order valence-corrected chi connectivity index (χ2v) is 6.77. The highest BCUT2D eigenvalue weighted by atomic mass is 32.1. The molecule has 2 atom stereocenters. The topological polar surface area (TPSA) is 109 Å². The molecule has 1 aliphatic rings. The van der Waals surface area contributed by atoms with E-state index < -0.39 is 23.7 Å². The Morgan fingerprint density at radius 3 is 2.43 bits per heavy atom. The average Bonchev–Trinajstić information content (AvgIpc) is 2.82. The molecule has 1 aliphatic carbocycles. The monoisotopic (exact) mass is 336 g/mol. The van der Waals surface area contributed by atoms with Crippen LogP contribution in [0.15, 0.2) is 12.2 Å². The lowest BCUT2D eigenvalue weighted by Gasteiger charge is -2.24. The maximum atomic E-state index is 12.5. The molecule has 1 heterocycles. The molecule has 0 spiro atoms. The number of carbonyl (C=O) groups excluding carboxylic acids is 2. The minimum absolute atomic E-state index is 0.333. The van der Waals surface area contributed by atoms with Gasteiger partial charge in [-0.3, -0.25) is 14.4 Å². The van der Waals surface area contributed by atoms with Gasteiger partial charge in [0.2, 0.25) is 5.91 Å². The summed E-state index contributed by atoms with van der Waals surface area (Å²) in [5.41, 5.74) is 6.61. The summed E-state index contributed by atoms with van der Waals surface area (Å²) in [6.07, 6.45) is 4.94. The standard InChI is InChI=1S/C16H20N2O4S/c1-3-9-8(2)23-15(12(9)13(17)19)18-14(20)10-6-4-5-7-11(10)16(21)22/h4-5,10-11H,3,6-7H2,1-2H3,(H2,17,19)(H,18,20)(H,21,22)/t10-,11+/m1/s1. The van der Waals surface area contributed by atoms with Gasteiger partial charge in [0.05, 0.1) is 17.4 Å². The van der Waals surface area contributed by atoms with Crippen LogP contribution in [0.2, 0.25) is 0 Å². The summed E-state index contributed by atoms with van der Waals surface area (Å²) in [6, 6.07) is 0. The van der Waals surface area contributed by atoms with Crippen molar-refractivity contribution in [1.82, 2.24) is 0 Å². The van der Waals surface area contributed by atoms with Gasteiger partial charge < -0.3 is 16.2 Å². The molecule has 0 bridgehead atoms. The SMILES string of the molecule is CCc1c(C)sc(NC(=O)[C@@H]2CC=CC[C@@H]2C(=O)O)c1C(N)=O. The van der Waals surface area contributed by atoms with Crippen LogP contribution in [0.25, 0.3) is 0 Å². The maximum Gasteiger partial charge on any atom is 0.307 e. The number of hydrogen-bond donors (Lipinski definition) is 3. The summed E-state index contributed by atoms with van der Waals surface area (Å²) in [5.74, 6) is -3.34. The van der Waals surface area contributed by atoms with Gasteiger partial charge in [0.15, 0.2) is 0 Å². The number of anilines is 1. The third-order valence-corrected chi connectivity index (χ3v) is 5.19. The van der Waals surface area contributed by atoms with Crippen molar-refractivity contribution in [2.45, 2.75) is 33.1 Å². The number of primary amides is 1. The number of aryl methyl sites for hydroxylation is 1. The predicted octanol–water partition coefficient (Wildman–Crippen LogP) is 2.32. The molecule has 0 saturated heterocycles. The summed E-state index contributed by atoms with van der Waals surface area (Å²) in [7, 11) is 0. The number of nitrogens with two attached hydrogens (primary N) is 1. The maximum absolute atomic E-state index is 12.5. The molecule has 2 amide bonds. The lowest BCUT2D eigenvalue weighted by Crippen LogP contribution is -2.35. The first-order valence-electron chi connectivity index (χ1n) is 7.47. The number of allylic oxidation sites excluding steroid dienone is 2. The Labute approximate surface area is 138 Å². The highest BCUT2D eigenvalue weighted by molar-refractivity contribution is 7.16. The normalized spacial score (nSPS) is 20.3. The number of aliphatic carboxylic acids is 1. The molecule has 23 heavy (non-hydrogen) atoms. The molecule has 0 aliphatic heterocycles. The van der Waals surface area contributed by atoms with E-state index in [0.717, 1.165) is 10.4 Å². The van der Waals surface area contributed by atoms with Gasteiger partial charge in [-0.05, 0) is 31.7 Å². The highest BCUT2D eigenvalue weighted by Crippen LogP contribution is 2.35. The van der Waals surface area contributed by atoms with E-state index in [2.05, 4.69) is 5.32 Å². The Kier molecular flexibility index (Phi) is 5.20.